The van der Waals surface area contributed by atoms with Crippen molar-refractivity contribution in [2.45, 2.75) is 39.0 Å². The molecule has 0 aromatic heterocycles. The molecule has 3 aliphatic rings. The van der Waals surface area contributed by atoms with Crippen molar-refractivity contribution in [3.8, 4) is 0 Å². The molecule has 2 aliphatic heterocycles. The maximum absolute atomic E-state index is 13.6. The van der Waals surface area contributed by atoms with Gasteiger partial charge in [-0.1, -0.05) is 13.8 Å². The molecule has 0 saturated carbocycles. The van der Waals surface area contributed by atoms with Crippen LogP contribution in [0.2, 0.25) is 0 Å². The second-order valence-corrected chi connectivity index (χ2v) is 9.47. The third kappa shape index (κ3) is 1.94. The van der Waals surface area contributed by atoms with Gasteiger partial charge in [-0.25, -0.2) is 0 Å². The zero-order chi connectivity index (χ0) is 21.8. The Morgan fingerprint density at radius 2 is 1.37 bits per heavy atom. The zero-order valence-electron chi connectivity index (χ0n) is 17.4. The van der Waals surface area contributed by atoms with Crippen LogP contribution in [0.25, 0.3) is 0 Å². The summed E-state index contributed by atoms with van der Waals surface area (Å²) < 4.78 is 6.09. The van der Waals surface area contributed by atoms with E-state index in [9.17, 15) is 9.59 Å². The summed E-state index contributed by atoms with van der Waals surface area (Å²) in [5.74, 6) is -0.762. The van der Waals surface area contributed by atoms with Crippen molar-refractivity contribution < 1.29 is 14.3 Å². The van der Waals surface area contributed by atoms with Gasteiger partial charge in [-0.05, 0) is 32.0 Å². The zero-order valence-corrected chi connectivity index (χ0v) is 17.4. The lowest BCUT2D eigenvalue weighted by Crippen LogP contribution is -2.62. The van der Waals surface area contributed by atoms with Gasteiger partial charge >= 0.3 is 0 Å². The molecule has 2 aromatic carbocycles. The Labute approximate surface area is 174 Å². The molecular weight excluding hydrogens is 382 g/mol. The Morgan fingerprint density at radius 3 is 1.90 bits per heavy atom. The number of carbonyl (C=O) groups excluding carboxylic acids is 2. The second-order valence-electron chi connectivity index (χ2n) is 9.47. The van der Waals surface area contributed by atoms with Crippen LogP contribution >= 0.6 is 0 Å². The Kier molecular flexibility index (Phi) is 3.29. The number of carbonyl (C=O) groups is 2. The van der Waals surface area contributed by atoms with Crippen molar-refractivity contribution in [1.82, 2.24) is 0 Å². The Balaban J connectivity index is 1.78. The van der Waals surface area contributed by atoms with Gasteiger partial charge in [0.1, 0.15) is 11.3 Å². The van der Waals surface area contributed by atoms with E-state index in [1.165, 1.54) is 6.07 Å². The third-order valence-corrected chi connectivity index (χ3v) is 6.88. The van der Waals surface area contributed by atoms with Crippen LogP contribution in [0.1, 0.15) is 59.5 Å². The summed E-state index contributed by atoms with van der Waals surface area (Å²) >= 11 is 0. The largest absolute Gasteiger partial charge is 0.398 e. The maximum atomic E-state index is 13.6. The van der Waals surface area contributed by atoms with Gasteiger partial charge in [0.05, 0.1) is 40.2 Å². The molecule has 0 radical (unpaired) electrons. The molecule has 8 heteroatoms. The highest BCUT2D eigenvalue weighted by atomic mass is 16.5. The lowest BCUT2D eigenvalue weighted by molar-refractivity contribution is 0.0138. The molecular formula is C22H25N5O3. The molecule has 8 nitrogen and oxygen atoms in total. The van der Waals surface area contributed by atoms with E-state index in [4.69, 9.17) is 21.9 Å². The smallest absolute Gasteiger partial charge is 0.198 e. The van der Waals surface area contributed by atoms with E-state index in [-0.39, 0.29) is 50.5 Å². The van der Waals surface area contributed by atoms with Crippen LogP contribution in [0.4, 0.5) is 28.4 Å². The number of ether oxygens (including phenoxy) is 1. The quantitative estimate of drug-likeness (QED) is 0.357. The predicted octanol–water partition coefficient (Wildman–Crippen LogP) is 2.58. The number of fused-ring (bicyclic) bond motifs is 4. The monoisotopic (exact) mass is 407 g/mol. The highest BCUT2D eigenvalue weighted by Gasteiger charge is 2.64. The third-order valence-electron chi connectivity index (χ3n) is 6.88. The summed E-state index contributed by atoms with van der Waals surface area (Å²) in [6.07, 6.45) is 0. The lowest BCUT2D eigenvalue weighted by Gasteiger charge is -2.45. The second kappa shape index (κ2) is 5.26. The molecule has 2 heterocycles. The average Bonchev–Trinajstić information content (AvgIpc) is 3.13. The van der Waals surface area contributed by atoms with E-state index >= 15 is 0 Å². The molecule has 8 N–H and O–H groups in total. The van der Waals surface area contributed by atoms with Crippen molar-refractivity contribution >= 4 is 40.0 Å². The molecule has 1 atom stereocenters. The first kappa shape index (κ1) is 18.7. The average molecular weight is 407 g/mol. The number of anilines is 5. The first-order valence-electron chi connectivity index (χ1n) is 9.86. The number of ketones is 2. The fourth-order valence-corrected chi connectivity index (χ4v) is 5.23. The van der Waals surface area contributed by atoms with Crippen molar-refractivity contribution in [2.24, 2.45) is 5.41 Å². The van der Waals surface area contributed by atoms with Gasteiger partial charge in [0.15, 0.2) is 11.6 Å². The fraction of sp³-hybridized carbons (Fsp3) is 0.364. The van der Waals surface area contributed by atoms with Crippen LogP contribution in [-0.4, -0.2) is 29.4 Å². The van der Waals surface area contributed by atoms with Crippen molar-refractivity contribution in [3.63, 3.8) is 0 Å². The van der Waals surface area contributed by atoms with Crippen LogP contribution < -0.4 is 27.8 Å². The van der Waals surface area contributed by atoms with Gasteiger partial charge in [0.25, 0.3) is 0 Å². The normalized spacial score (nSPS) is 24.8. The Morgan fingerprint density at radius 1 is 0.833 bits per heavy atom. The van der Waals surface area contributed by atoms with E-state index in [1.54, 1.807) is 12.1 Å². The standard InChI is InChI=1S/C22H25N5O3/c1-20(2)8-30-21(3,4)22(20)26-12-7-11(25)15-16(17(12)27-22)19(29)14-10(24)6-5-9(23)13(14)18(15)28/h5-7,26-27H,8,23-25H2,1-4H3. The summed E-state index contributed by atoms with van der Waals surface area (Å²) in [6, 6.07) is 4.77. The minimum Gasteiger partial charge on any atom is -0.398 e. The molecule has 2 aromatic rings. The number of rotatable bonds is 0. The number of nitrogen functional groups attached to an aromatic ring is 3. The first-order valence-corrected chi connectivity index (χ1v) is 9.86. The first-order chi connectivity index (χ1) is 13.9. The molecule has 1 aliphatic carbocycles. The highest BCUT2D eigenvalue weighted by molar-refractivity contribution is 6.35. The summed E-state index contributed by atoms with van der Waals surface area (Å²) in [5.41, 5.74) is 19.3. The van der Waals surface area contributed by atoms with E-state index in [0.717, 1.165) is 0 Å². The van der Waals surface area contributed by atoms with Gasteiger partial charge in [0, 0.05) is 22.5 Å². The van der Waals surface area contributed by atoms with Crippen LogP contribution in [0, 0.1) is 5.41 Å². The van der Waals surface area contributed by atoms with Crippen LogP contribution in [0.5, 0.6) is 0 Å². The summed E-state index contributed by atoms with van der Waals surface area (Å²) in [6.45, 7) is 8.68. The molecule has 156 valence electrons. The van der Waals surface area contributed by atoms with Gasteiger partial charge in [0.2, 0.25) is 0 Å². The lowest BCUT2D eigenvalue weighted by atomic mass is 9.73. The molecule has 0 amide bonds. The fourth-order valence-electron chi connectivity index (χ4n) is 5.23. The minimum atomic E-state index is -0.700. The molecule has 1 spiro atoms. The molecule has 0 bridgehead atoms. The predicted molar refractivity (Wildman–Crippen MR) is 117 cm³/mol. The molecule has 1 saturated heterocycles. The molecule has 5 rings (SSSR count). The summed E-state index contributed by atoms with van der Waals surface area (Å²) in [4.78, 5) is 27.0. The SMILES string of the molecule is CC1(C)COC(C)(C)C12Nc1cc(N)c3c(c1N2)C(=O)c1c(N)ccc(N)c1C3=O. The molecule has 1 unspecified atom stereocenters. The maximum Gasteiger partial charge on any atom is 0.198 e. The van der Waals surface area contributed by atoms with Crippen LogP contribution in [0.3, 0.4) is 0 Å². The Hall–Kier alpha value is -3.26. The van der Waals surface area contributed by atoms with Crippen LogP contribution in [0.15, 0.2) is 18.2 Å². The van der Waals surface area contributed by atoms with Gasteiger partial charge < -0.3 is 32.6 Å². The summed E-state index contributed by atoms with van der Waals surface area (Å²) in [5, 5.41) is 7.06. The van der Waals surface area contributed by atoms with Crippen molar-refractivity contribution in [3.05, 3.63) is 40.5 Å². The molecule has 1 fully saturated rings. The number of nitrogens with one attached hydrogen (secondary N) is 2. The van der Waals surface area contributed by atoms with Gasteiger partial charge in [-0.2, -0.15) is 0 Å². The van der Waals surface area contributed by atoms with Crippen molar-refractivity contribution in [2.75, 3.05) is 34.4 Å². The number of hydrogen-bond acceptors (Lipinski definition) is 8. The van der Waals surface area contributed by atoms with Crippen LogP contribution in [-0.2, 0) is 4.74 Å². The topological polar surface area (TPSA) is 145 Å². The Bertz CT molecular complexity index is 1170. The number of hydrogen-bond donors (Lipinski definition) is 5. The van der Waals surface area contributed by atoms with E-state index in [1.807, 2.05) is 13.8 Å². The van der Waals surface area contributed by atoms with E-state index in [0.29, 0.717) is 18.0 Å². The molecule has 30 heavy (non-hydrogen) atoms. The minimum absolute atomic E-state index is 0.115. The van der Waals surface area contributed by atoms with E-state index in [2.05, 4.69) is 24.5 Å². The van der Waals surface area contributed by atoms with Gasteiger partial charge in [-0.15, -0.1) is 0 Å². The van der Waals surface area contributed by atoms with Gasteiger partial charge in [-0.3, -0.25) is 9.59 Å². The highest BCUT2D eigenvalue weighted by Crippen LogP contribution is 2.56. The van der Waals surface area contributed by atoms with E-state index < -0.39 is 17.0 Å². The number of nitrogens with two attached hydrogens (primary N) is 3. The number of benzene rings is 2. The summed E-state index contributed by atoms with van der Waals surface area (Å²) in [7, 11) is 0. The van der Waals surface area contributed by atoms with Crippen molar-refractivity contribution in [1.29, 1.82) is 0 Å².